The van der Waals surface area contributed by atoms with Crippen molar-refractivity contribution in [3.8, 4) is 0 Å². The number of carbonyl (C=O) groups excluding carboxylic acids is 1. The van der Waals surface area contributed by atoms with E-state index in [1.54, 1.807) is 36.4 Å². The van der Waals surface area contributed by atoms with Gasteiger partial charge in [-0.05, 0) is 85.3 Å². The third kappa shape index (κ3) is 6.31. The standard InChI is InChI=1S/C29H31F3N2O/c1-21(35)33-29(24-8-14-27(32)15-9-24)16-19-34(20-17-29)18-2-3-28(22-4-10-25(30)11-5-22)23-6-12-26(31)13-7-23/h4-15,28H,2-3,16-20H2,1H3,(H,33,35). The maximum Gasteiger partial charge on any atom is 0.217 e. The van der Waals surface area contributed by atoms with E-state index in [4.69, 9.17) is 0 Å². The van der Waals surface area contributed by atoms with Crippen molar-refractivity contribution in [2.24, 2.45) is 0 Å². The van der Waals surface area contributed by atoms with E-state index in [0.717, 1.165) is 62.0 Å². The van der Waals surface area contributed by atoms with Crippen LogP contribution in [0, 0.1) is 17.5 Å². The van der Waals surface area contributed by atoms with Gasteiger partial charge in [0.2, 0.25) is 5.91 Å². The zero-order valence-electron chi connectivity index (χ0n) is 19.9. The summed E-state index contributed by atoms with van der Waals surface area (Å²) >= 11 is 0. The maximum atomic E-state index is 13.5. The molecular formula is C29H31F3N2O. The van der Waals surface area contributed by atoms with Crippen molar-refractivity contribution in [1.82, 2.24) is 10.2 Å². The molecule has 0 spiro atoms. The van der Waals surface area contributed by atoms with Crippen molar-refractivity contribution in [2.45, 2.75) is 44.1 Å². The summed E-state index contributed by atoms with van der Waals surface area (Å²) in [5, 5.41) is 3.13. The number of hydrogen-bond donors (Lipinski definition) is 1. The molecule has 1 saturated heterocycles. The van der Waals surface area contributed by atoms with Crippen LogP contribution in [0.15, 0.2) is 72.8 Å². The molecular weight excluding hydrogens is 449 g/mol. The third-order valence-electron chi connectivity index (χ3n) is 7.03. The monoisotopic (exact) mass is 480 g/mol. The first-order valence-electron chi connectivity index (χ1n) is 12.1. The zero-order valence-corrected chi connectivity index (χ0v) is 19.9. The summed E-state index contributed by atoms with van der Waals surface area (Å²) in [5.41, 5.74) is 2.47. The minimum atomic E-state index is -0.485. The Labute approximate surface area is 205 Å². The van der Waals surface area contributed by atoms with E-state index in [1.165, 1.54) is 43.3 Å². The number of nitrogens with zero attached hydrogens (tertiary/aromatic N) is 1. The number of carbonyl (C=O) groups is 1. The number of halogens is 3. The molecule has 1 aliphatic heterocycles. The van der Waals surface area contributed by atoms with Gasteiger partial charge in [-0.1, -0.05) is 36.4 Å². The highest BCUT2D eigenvalue weighted by Gasteiger charge is 2.36. The summed E-state index contributed by atoms with van der Waals surface area (Å²) in [6.45, 7) is 4.03. The average molecular weight is 481 g/mol. The predicted octanol–water partition coefficient (Wildman–Crippen LogP) is 6.14. The Morgan fingerprint density at radius 1 is 0.829 bits per heavy atom. The van der Waals surface area contributed by atoms with E-state index in [-0.39, 0.29) is 29.3 Å². The van der Waals surface area contributed by atoms with E-state index in [9.17, 15) is 18.0 Å². The van der Waals surface area contributed by atoms with Crippen molar-refractivity contribution in [3.05, 3.63) is 107 Å². The fourth-order valence-electron chi connectivity index (χ4n) is 5.19. The first kappa shape index (κ1) is 25.0. The lowest BCUT2D eigenvalue weighted by atomic mass is 9.80. The Kier molecular flexibility index (Phi) is 7.91. The molecule has 4 rings (SSSR count). The number of rotatable bonds is 8. The summed E-state index contributed by atoms with van der Waals surface area (Å²) in [4.78, 5) is 14.3. The van der Waals surface area contributed by atoms with Gasteiger partial charge in [-0.2, -0.15) is 0 Å². The van der Waals surface area contributed by atoms with Crippen LogP contribution in [0.2, 0.25) is 0 Å². The van der Waals surface area contributed by atoms with Crippen LogP contribution >= 0.6 is 0 Å². The number of benzene rings is 3. The molecule has 0 atom stereocenters. The highest BCUT2D eigenvalue weighted by molar-refractivity contribution is 5.74. The second kappa shape index (κ2) is 11.1. The smallest absolute Gasteiger partial charge is 0.217 e. The fraction of sp³-hybridized carbons (Fsp3) is 0.345. The predicted molar refractivity (Wildman–Crippen MR) is 131 cm³/mol. The van der Waals surface area contributed by atoms with Crippen LogP contribution in [0.25, 0.3) is 0 Å². The first-order valence-corrected chi connectivity index (χ1v) is 12.1. The summed E-state index contributed by atoms with van der Waals surface area (Å²) < 4.78 is 40.4. The van der Waals surface area contributed by atoms with Crippen molar-refractivity contribution >= 4 is 5.91 Å². The van der Waals surface area contributed by atoms with E-state index >= 15 is 0 Å². The topological polar surface area (TPSA) is 32.3 Å². The molecule has 0 aliphatic carbocycles. The maximum absolute atomic E-state index is 13.5. The molecule has 0 aromatic heterocycles. The van der Waals surface area contributed by atoms with Crippen LogP contribution in [-0.4, -0.2) is 30.4 Å². The van der Waals surface area contributed by atoms with E-state index in [1.807, 2.05) is 0 Å². The molecule has 1 amide bonds. The van der Waals surface area contributed by atoms with Crippen molar-refractivity contribution < 1.29 is 18.0 Å². The largest absolute Gasteiger partial charge is 0.347 e. The number of amides is 1. The second-order valence-corrected chi connectivity index (χ2v) is 9.41. The highest BCUT2D eigenvalue weighted by Crippen LogP contribution is 2.34. The summed E-state index contributed by atoms with van der Waals surface area (Å²) in [6.07, 6.45) is 3.26. The molecule has 184 valence electrons. The Bertz CT molecular complexity index is 1060. The van der Waals surface area contributed by atoms with Gasteiger partial charge >= 0.3 is 0 Å². The number of hydrogen-bond acceptors (Lipinski definition) is 2. The van der Waals surface area contributed by atoms with Crippen molar-refractivity contribution in [1.29, 1.82) is 0 Å². The van der Waals surface area contributed by atoms with E-state index < -0.39 is 5.54 Å². The van der Waals surface area contributed by atoms with Gasteiger partial charge in [0.1, 0.15) is 17.5 Å². The molecule has 3 aromatic carbocycles. The van der Waals surface area contributed by atoms with Gasteiger partial charge in [0.25, 0.3) is 0 Å². The van der Waals surface area contributed by atoms with Crippen LogP contribution in [0.4, 0.5) is 13.2 Å². The van der Waals surface area contributed by atoms with Crippen LogP contribution in [-0.2, 0) is 10.3 Å². The molecule has 1 heterocycles. The van der Waals surface area contributed by atoms with E-state index in [2.05, 4.69) is 10.2 Å². The van der Waals surface area contributed by atoms with Gasteiger partial charge in [0, 0.05) is 25.9 Å². The Hall–Kier alpha value is -3.12. The van der Waals surface area contributed by atoms with Gasteiger partial charge in [0.05, 0.1) is 5.54 Å². The van der Waals surface area contributed by atoms with Crippen LogP contribution in [0.5, 0.6) is 0 Å². The lowest BCUT2D eigenvalue weighted by Crippen LogP contribution is -2.52. The highest BCUT2D eigenvalue weighted by atomic mass is 19.1. The molecule has 0 radical (unpaired) electrons. The van der Waals surface area contributed by atoms with Crippen LogP contribution < -0.4 is 5.32 Å². The van der Waals surface area contributed by atoms with Crippen molar-refractivity contribution in [2.75, 3.05) is 19.6 Å². The summed E-state index contributed by atoms with van der Waals surface area (Å²) in [6, 6.07) is 19.5. The molecule has 3 nitrogen and oxygen atoms in total. The lowest BCUT2D eigenvalue weighted by molar-refractivity contribution is -0.121. The number of likely N-dealkylation sites (tertiary alicyclic amines) is 1. The first-order chi connectivity index (χ1) is 16.8. The van der Waals surface area contributed by atoms with E-state index in [0.29, 0.717) is 0 Å². The average Bonchev–Trinajstić information content (AvgIpc) is 2.84. The van der Waals surface area contributed by atoms with Crippen LogP contribution in [0.3, 0.4) is 0 Å². The van der Waals surface area contributed by atoms with Gasteiger partial charge in [0.15, 0.2) is 0 Å². The molecule has 1 N–H and O–H groups in total. The van der Waals surface area contributed by atoms with Crippen LogP contribution in [0.1, 0.15) is 55.2 Å². The second-order valence-electron chi connectivity index (χ2n) is 9.41. The number of piperidine rings is 1. The molecule has 0 bridgehead atoms. The quantitative estimate of drug-likeness (QED) is 0.420. The normalized spacial score (nSPS) is 15.8. The lowest BCUT2D eigenvalue weighted by Gasteiger charge is -2.43. The summed E-state index contributed by atoms with van der Waals surface area (Å²) in [5.74, 6) is -0.878. The Morgan fingerprint density at radius 3 is 1.74 bits per heavy atom. The number of nitrogens with one attached hydrogen (secondary N) is 1. The van der Waals surface area contributed by atoms with Gasteiger partial charge in [-0.25, -0.2) is 13.2 Å². The van der Waals surface area contributed by atoms with Gasteiger partial charge in [-0.15, -0.1) is 0 Å². The molecule has 1 fully saturated rings. The zero-order chi connectivity index (χ0) is 24.8. The SMILES string of the molecule is CC(=O)NC1(c2ccc(F)cc2)CCN(CCCC(c2ccc(F)cc2)c2ccc(F)cc2)CC1. The molecule has 35 heavy (non-hydrogen) atoms. The molecule has 1 aliphatic rings. The molecule has 0 saturated carbocycles. The molecule has 6 heteroatoms. The van der Waals surface area contributed by atoms with Gasteiger partial charge < -0.3 is 10.2 Å². The Morgan fingerprint density at radius 2 is 1.29 bits per heavy atom. The molecule has 0 unspecified atom stereocenters. The van der Waals surface area contributed by atoms with Gasteiger partial charge in [-0.3, -0.25) is 4.79 Å². The minimum Gasteiger partial charge on any atom is -0.347 e. The third-order valence-corrected chi connectivity index (χ3v) is 7.03. The fourth-order valence-corrected chi connectivity index (χ4v) is 5.19. The minimum absolute atomic E-state index is 0.0543. The summed E-state index contributed by atoms with van der Waals surface area (Å²) in [7, 11) is 0. The molecule has 3 aromatic rings. The Balaban J connectivity index is 1.40. The van der Waals surface area contributed by atoms with Crippen molar-refractivity contribution in [3.63, 3.8) is 0 Å².